The molecule has 1 aliphatic heterocycles. The molecule has 36 heavy (non-hydrogen) atoms. The highest BCUT2D eigenvalue weighted by Gasteiger charge is 2.34. The van der Waals surface area contributed by atoms with Crippen molar-refractivity contribution in [3.05, 3.63) is 100 Å². The van der Waals surface area contributed by atoms with E-state index < -0.39 is 4.92 Å². The smallest absolute Gasteiger partial charge is 0.293 e. The molecule has 0 aliphatic carbocycles. The van der Waals surface area contributed by atoms with Gasteiger partial charge in [-0.15, -0.1) is 0 Å². The van der Waals surface area contributed by atoms with E-state index in [-0.39, 0.29) is 36.6 Å². The van der Waals surface area contributed by atoms with Gasteiger partial charge in [0.15, 0.2) is 0 Å². The minimum Gasteiger partial charge on any atom is -0.492 e. The molecule has 184 valence electrons. The van der Waals surface area contributed by atoms with Crippen molar-refractivity contribution in [1.82, 2.24) is 4.90 Å². The fourth-order valence-electron chi connectivity index (χ4n) is 3.33. The Labute approximate surface area is 238 Å². The van der Waals surface area contributed by atoms with E-state index in [1.54, 1.807) is 18.2 Å². The number of imide groups is 1. The van der Waals surface area contributed by atoms with E-state index in [1.807, 2.05) is 42.5 Å². The number of nitro groups is 1. The van der Waals surface area contributed by atoms with Crippen LogP contribution in [0.5, 0.6) is 11.5 Å². The average Bonchev–Trinajstić information content (AvgIpc) is 3.11. The van der Waals surface area contributed by atoms with Gasteiger partial charge in [0.1, 0.15) is 24.7 Å². The summed E-state index contributed by atoms with van der Waals surface area (Å²) in [5.74, 6) is 0.973. The van der Waals surface area contributed by atoms with E-state index in [4.69, 9.17) is 9.47 Å². The number of carbonyl (C=O) groups is 2. The third kappa shape index (κ3) is 6.56. The van der Waals surface area contributed by atoms with Gasteiger partial charge in [-0.25, -0.2) is 0 Å². The number of rotatable bonds is 9. The number of halogens is 2. The number of hydrogen-bond acceptors (Lipinski definition) is 7. The maximum Gasteiger partial charge on any atom is 0.293 e. The number of benzene rings is 3. The van der Waals surface area contributed by atoms with Crippen LogP contribution in [-0.4, -0.2) is 34.1 Å². The van der Waals surface area contributed by atoms with E-state index >= 15 is 0 Å². The topological polar surface area (TPSA) is 99.0 Å². The van der Waals surface area contributed by atoms with Crippen LogP contribution < -0.4 is 9.47 Å². The molecular formula is C25H18I2N2O6S. The fourth-order valence-corrected chi connectivity index (χ4v) is 6.32. The number of para-hydroxylation sites is 1. The molecule has 4 rings (SSSR count). The van der Waals surface area contributed by atoms with E-state index in [9.17, 15) is 19.7 Å². The Morgan fingerprint density at radius 3 is 2.39 bits per heavy atom. The van der Waals surface area contributed by atoms with Crippen LogP contribution >= 0.6 is 56.9 Å². The molecule has 3 aromatic carbocycles. The Morgan fingerprint density at radius 2 is 1.69 bits per heavy atom. The molecule has 1 fully saturated rings. The molecule has 0 bridgehead atoms. The Morgan fingerprint density at radius 1 is 0.972 bits per heavy atom. The molecule has 2 amide bonds. The van der Waals surface area contributed by atoms with E-state index in [2.05, 4.69) is 45.2 Å². The zero-order valence-corrected chi connectivity index (χ0v) is 23.7. The zero-order chi connectivity index (χ0) is 25.7. The van der Waals surface area contributed by atoms with E-state index in [1.165, 1.54) is 17.0 Å². The van der Waals surface area contributed by atoms with Gasteiger partial charge in [-0.05, 0) is 98.4 Å². The molecule has 1 heterocycles. The maximum absolute atomic E-state index is 12.8. The highest BCUT2D eigenvalue weighted by atomic mass is 127. The first-order valence-corrected chi connectivity index (χ1v) is 13.6. The summed E-state index contributed by atoms with van der Waals surface area (Å²) >= 11 is 5.19. The van der Waals surface area contributed by atoms with Gasteiger partial charge in [0, 0.05) is 12.1 Å². The summed E-state index contributed by atoms with van der Waals surface area (Å²) < 4.78 is 13.2. The Kier molecular flexibility index (Phi) is 8.85. The molecule has 1 saturated heterocycles. The summed E-state index contributed by atoms with van der Waals surface area (Å²) in [4.78, 5) is 37.3. The third-order valence-electron chi connectivity index (χ3n) is 5.02. The summed E-state index contributed by atoms with van der Waals surface area (Å²) in [7, 11) is 0. The summed E-state index contributed by atoms with van der Waals surface area (Å²) in [5.41, 5.74) is 1.46. The highest BCUT2D eigenvalue weighted by Crippen LogP contribution is 2.35. The molecule has 0 aromatic heterocycles. The van der Waals surface area contributed by atoms with Gasteiger partial charge in [0.2, 0.25) is 0 Å². The number of ether oxygens (including phenoxy) is 2. The fraction of sp³-hybridized carbons (Fsp3) is 0.120. The number of carbonyl (C=O) groups excluding carboxylic acids is 2. The van der Waals surface area contributed by atoms with Gasteiger partial charge in [0.25, 0.3) is 16.8 Å². The van der Waals surface area contributed by atoms with Crippen LogP contribution in [0.1, 0.15) is 11.1 Å². The monoisotopic (exact) mass is 728 g/mol. The molecule has 11 heteroatoms. The van der Waals surface area contributed by atoms with Crippen molar-refractivity contribution in [2.45, 2.75) is 6.61 Å². The van der Waals surface area contributed by atoms with Crippen molar-refractivity contribution in [2.24, 2.45) is 0 Å². The predicted octanol–water partition coefficient (Wildman–Crippen LogP) is 6.50. The van der Waals surface area contributed by atoms with Crippen LogP contribution in [0.15, 0.2) is 71.6 Å². The lowest BCUT2D eigenvalue weighted by molar-refractivity contribution is -0.384. The maximum atomic E-state index is 12.8. The van der Waals surface area contributed by atoms with Gasteiger partial charge < -0.3 is 9.47 Å². The largest absolute Gasteiger partial charge is 0.492 e. The van der Waals surface area contributed by atoms with E-state index in [0.29, 0.717) is 22.0 Å². The number of amides is 2. The van der Waals surface area contributed by atoms with Crippen molar-refractivity contribution >= 4 is 79.9 Å². The molecule has 0 unspecified atom stereocenters. The van der Waals surface area contributed by atoms with Crippen molar-refractivity contribution < 1.29 is 24.0 Å². The minimum atomic E-state index is -0.441. The predicted molar refractivity (Wildman–Crippen MR) is 154 cm³/mol. The minimum absolute atomic E-state index is 0.0106. The number of nitrogens with zero attached hydrogens (tertiary/aromatic N) is 2. The Hall–Kier alpha value is -2.65. The molecule has 0 saturated carbocycles. The van der Waals surface area contributed by atoms with Crippen LogP contribution in [0.25, 0.3) is 6.08 Å². The van der Waals surface area contributed by atoms with Crippen molar-refractivity contribution in [2.75, 3.05) is 13.2 Å². The van der Waals surface area contributed by atoms with Crippen LogP contribution in [0.2, 0.25) is 0 Å². The lowest BCUT2D eigenvalue weighted by atomic mass is 10.2. The average molecular weight is 728 g/mol. The Balaban J connectivity index is 1.41. The van der Waals surface area contributed by atoms with Crippen LogP contribution in [-0.2, 0) is 11.4 Å². The first-order chi connectivity index (χ1) is 17.3. The molecule has 8 nitrogen and oxygen atoms in total. The second-order valence-corrected chi connectivity index (χ2v) is 10.8. The molecular weight excluding hydrogens is 710 g/mol. The normalized spacial score (nSPS) is 14.4. The number of non-ortho nitro benzene ring substituents is 1. The van der Waals surface area contributed by atoms with Crippen LogP contribution in [0.4, 0.5) is 10.5 Å². The lowest BCUT2D eigenvalue weighted by Gasteiger charge is -2.13. The van der Waals surface area contributed by atoms with Crippen LogP contribution in [0, 0.1) is 17.3 Å². The van der Waals surface area contributed by atoms with E-state index in [0.717, 1.165) is 24.5 Å². The molecule has 1 aliphatic rings. The quantitative estimate of drug-likeness (QED) is 0.108. The summed E-state index contributed by atoms with van der Waals surface area (Å²) in [6.07, 6.45) is 1.69. The molecule has 0 radical (unpaired) electrons. The first kappa shape index (κ1) is 26.4. The summed E-state index contributed by atoms with van der Waals surface area (Å²) in [6, 6.07) is 19.2. The van der Waals surface area contributed by atoms with Crippen LogP contribution in [0.3, 0.4) is 0 Å². The Bertz CT molecular complexity index is 1330. The van der Waals surface area contributed by atoms with Gasteiger partial charge in [-0.2, -0.15) is 0 Å². The van der Waals surface area contributed by atoms with Gasteiger partial charge >= 0.3 is 0 Å². The van der Waals surface area contributed by atoms with Crippen molar-refractivity contribution in [1.29, 1.82) is 0 Å². The molecule has 0 N–H and O–H groups in total. The second kappa shape index (κ2) is 12.1. The van der Waals surface area contributed by atoms with Crippen molar-refractivity contribution in [3.63, 3.8) is 0 Å². The van der Waals surface area contributed by atoms with Gasteiger partial charge in [0.05, 0.1) is 23.5 Å². The number of nitro benzene ring substituents is 1. The van der Waals surface area contributed by atoms with Gasteiger partial charge in [-0.1, -0.05) is 30.3 Å². The third-order valence-corrected chi connectivity index (χ3v) is 7.53. The highest BCUT2D eigenvalue weighted by molar-refractivity contribution is 14.1. The second-order valence-electron chi connectivity index (χ2n) is 7.52. The van der Waals surface area contributed by atoms with Gasteiger partial charge in [-0.3, -0.25) is 24.6 Å². The lowest BCUT2D eigenvalue weighted by Crippen LogP contribution is -2.32. The molecule has 3 aromatic rings. The zero-order valence-electron chi connectivity index (χ0n) is 18.6. The molecule has 0 atom stereocenters. The van der Waals surface area contributed by atoms with Crippen molar-refractivity contribution in [3.8, 4) is 11.5 Å². The number of hydrogen-bond donors (Lipinski definition) is 0. The summed E-state index contributed by atoms with van der Waals surface area (Å²) in [6.45, 7) is 0.551. The molecule has 0 spiro atoms. The standard InChI is InChI=1S/C25H18I2N2O6S/c26-20-12-17(13-21(27)23(20)35-15-16-5-4-6-18(11-16)29(32)33)14-22-24(30)28(25(31)36-22)9-10-34-19-7-2-1-3-8-19/h1-8,11-14H,9-10,15H2/b22-14-. The number of thioether (sulfide) groups is 1. The first-order valence-electron chi connectivity index (χ1n) is 10.6. The summed E-state index contributed by atoms with van der Waals surface area (Å²) in [5, 5.41) is 10.7. The SMILES string of the molecule is O=C1S/C(=C\c2cc(I)c(OCc3cccc([N+](=O)[O-])c3)c(I)c2)C(=O)N1CCOc1ccccc1.